The van der Waals surface area contributed by atoms with Gasteiger partial charge in [-0.1, -0.05) is 97.1 Å². The van der Waals surface area contributed by atoms with Crippen molar-refractivity contribution >= 4 is 13.9 Å². The summed E-state index contributed by atoms with van der Waals surface area (Å²) >= 11 is 0. The molecule has 0 saturated carbocycles. The normalized spacial score (nSPS) is 17.6. The number of halogens is 1. The van der Waals surface area contributed by atoms with E-state index >= 15 is 0 Å². The van der Waals surface area contributed by atoms with E-state index in [9.17, 15) is 9.46 Å². The van der Waals surface area contributed by atoms with Crippen LogP contribution in [0.5, 0.6) is 0 Å². The van der Waals surface area contributed by atoms with Crippen LogP contribution in [-0.4, -0.2) is 59.3 Å². The number of nitrogens with zero attached hydrogens (tertiary/aromatic N) is 2. The number of hydrogen-bond acceptors (Lipinski definition) is 4. The molecule has 0 radical (unpaired) electrons. The third-order valence-corrected chi connectivity index (χ3v) is 8.03. The summed E-state index contributed by atoms with van der Waals surface area (Å²) in [6.07, 6.45) is 4.25. The lowest BCUT2D eigenvalue weighted by Gasteiger charge is -2.46. The summed E-state index contributed by atoms with van der Waals surface area (Å²) in [5, 5.41) is 0. The predicted octanol–water partition coefficient (Wildman–Crippen LogP) is 3.52. The van der Waals surface area contributed by atoms with Crippen molar-refractivity contribution in [3.05, 3.63) is 114 Å². The predicted molar refractivity (Wildman–Crippen MR) is 153 cm³/mol. The molecule has 3 aromatic carbocycles. The topological polar surface area (TPSA) is 59.0 Å². The van der Waals surface area contributed by atoms with E-state index in [0.717, 1.165) is 31.7 Å². The fourth-order valence-electron chi connectivity index (χ4n) is 4.96. The summed E-state index contributed by atoms with van der Waals surface area (Å²) in [5.41, 5.74) is 2.87. The Morgan fingerprint density at radius 1 is 0.897 bits per heavy atom. The molecule has 0 bridgehead atoms. The Hall–Kier alpha value is -2.28. The molecule has 1 heterocycles. The number of piperazine rings is 1. The van der Waals surface area contributed by atoms with Crippen LogP contribution in [0.15, 0.2) is 97.1 Å². The van der Waals surface area contributed by atoms with Gasteiger partial charge in [-0.05, 0) is 43.5 Å². The summed E-state index contributed by atoms with van der Waals surface area (Å²) in [4.78, 5) is 12.9. The molecule has 0 amide bonds. The molecule has 39 heavy (non-hydrogen) atoms. The van der Waals surface area contributed by atoms with Crippen molar-refractivity contribution in [2.45, 2.75) is 32.4 Å². The number of hydrogen-bond donors (Lipinski definition) is 1. The molecule has 1 aliphatic heterocycles. The first-order valence-corrected chi connectivity index (χ1v) is 14.7. The SMILES string of the molecule is CC(C)(C)OP(=O)(O)OC[N+]1(C/C=C/c2ccccc2)CCN(C(c2ccccc2)c2ccccc2)CC1.[Cl-]. The molecule has 1 aliphatic rings. The Morgan fingerprint density at radius 2 is 1.38 bits per heavy atom. The minimum absolute atomic E-state index is 0. The van der Waals surface area contributed by atoms with Gasteiger partial charge in [-0.15, -0.1) is 0 Å². The van der Waals surface area contributed by atoms with E-state index in [4.69, 9.17) is 9.05 Å². The maximum absolute atomic E-state index is 12.7. The van der Waals surface area contributed by atoms with Crippen molar-refractivity contribution in [2.24, 2.45) is 0 Å². The van der Waals surface area contributed by atoms with Crippen LogP contribution in [0.2, 0.25) is 0 Å². The largest absolute Gasteiger partial charge is 1.00 e. The Morgan fingerprint density at radius 3 is 1.87 bits per heavy atom. The molecule has 1 N–H and O–H groups in total. The van der Waals surface area contributed by atoms with Crippen molar-refractivity contribution in [3.8, 4) is 0 Å². The molecule has 0 aliphatic carbocycles. The molecule has 1 saturated heterocycles. The van der Waals surface area contributed by atoms with Gasteiger partial charge in [0.05, 0.1) is 31.3 Å². The van der Waals surface area contributed by atoms with Crippen LogP contribution in [-0.2, 0) is 13.6 Å². The van der Waals surface area contributed by atoms with E-state index in [2.05, 4.69) is 77.7 Å². The Labute approximate surface area is 239 Å². The van der Waals surface area contributed by atoms with Crippen LogP contribution in [0, 0.1) is 0 Å². The molecule has 0 aromatic heterocycles. The van der Waals surface area contributed by atoms with E-state index in [-0.39, 0.29) is 25.2 Å². The number of benzene rings is 3. The molecule has 1 atom stereocenters. The van der Waals surface area contributed by atoms with E-state index in [0.29, 0.717) is 11.0 Å². The van der Waals surface area contributed by atoms with Gasteiger partial charge in [0.1, 0.15) is 0 Å². The van der Waals surface area contributed by atoms with Crippen LogP contribution in [0.25, 0.3) is 6.08 Å². The molecule has 1 fully saturated rings. The first kappa shape index (κ1) is 31.3. The minimum Gasteiger partial charge on any atom is -1.00 e. The van der Waals surface area contributed by atoms with Gasteiger partial charge in [0, 0.05) is 13.1 Å². The lowest BCUT2D eigenvalue weighted by Crippen LogP contribution is -3.00. The average Bonchev–Trinajstić information content (AvgIpc) is 2.90. The maximum atomic E-state index is 12.7. The zero-order chi connectivity index (χ0) is 27.1. The summed E-state index contributed by atoms with van der Waals surface area (Å²) in [7, 11) is -4.20. The first-order valence-electron chi connectivity index (χ1n) is 13.2. The number of rotatable bonds is 10. The fraction of sp³-hybridized carbons (Fsp3) is 0.355. The van der Waals surface area contributed by atoms with Gasteiger partial charge in [0.25, 0.3) is 0 Å². The van der Waals surface area contributed by atoms with E-state index in [1.807, 2.05) is 30.3 Å². The summed E-state index contributed by atoms with van der Waals surface area (Å²) in [6, 6.07) is 31.5. The molecule has 8 heteroatoms. The van der Waals surface area contributed by atoms with E-state index in [1.54, 1.807) is 20.8 Å². The van der Waals surface area contributed by atoms with Crippen molar-refractivity contribution < 1.29 is 35.4 Å². The molecule has 210 valence electrons. The fourth-order valence-corrected chi connectivity index (χ4v) is 6.09. The number of phosphoric ester groups is 1. The van der Waals surface area contributed by atoms with Crippen molar-refractivity contribution in [1.29, 1.82) is 0 Å². The second-order valence-corrected chi connectivity index (χ2v) is 12.4. The number of phosphoric acid groups is 1. The zero-order valence-corrected chi connectivity index (χ0v) is 24.7. The zero-order valence-electron chi connectivity index (χ0n) is 23.0. The van der Waals surface area contributed by atoms with Crippen molar-refractivity contribution in [2.75, 3.05) is 39.5 Å². The molecule has 1 unspecified atom stereocenters. The highest BCUT2D eigenvalue weighted by atomic mass is 35.5. The van der Waals surface area contributed by atoms with E-state index < -0.39 is 13.4 Å². The van der Waals surface area contributed by atoms with Gasteiger partial charge in [-0.25, -0.2) is 9.09 Å². The van der Waals surface area contributed by atoms with Crippen molar-refractivity contribution in [1.82, 2.24) is 4.90 Å². The highest BCUT2D eigenvalue weighted by Crippen LogP contribution is 2.47. The molecule has 6 nitrogen and oxygen atoms in total. The van der Waals surface area contributed by atoms with Gasteiger partial charge in [-0.3, -0.25) is 13.9 Å². The van der Waals surface area contributed by atoms with E-state index in [1.165, 1.54) is 11.1 Å². The highest BCUT2D eigenvalue weighted by molar-refractivity contribution is 7.47. The average molecular weight is 571 g/mol. The van der Waals surface area contributed by atoms with Gasteiger partial charge in [0.15, 0.2) is 6.73 Å². The lowest BCUT2D eigenvalue weighted by atomic mass is 9.96. The minimum atomic E-state index is -4.20. The smallest absolute Gasteiger partial charge is 0.477 e. The molecular formula is C31H40ClN2O4P. The molecular weight excluding hydrogens is 531 g/mol. The van der Waals surface area contributed by atoms with Crippen LogP contribution in [0.3, 0.4) is 0 Å². The standard InChI is InChI=1S/C31H39N2O4P.ClH/c1-31(2,3)37-38(34,35)36-26-33(23-13-16-27-14-7-4-8-15-27)24-21-32(22-25-33)30(28-17-9-5-10-18-28)29-19-11-6-12-20-29;/h4-20,30H,21-26H2,1-3H3;1H/b16-13+;. The van der Waals surface area contributed by atoms with Crippen LogP contribution < -0.4 is 12.4 Å². The van der Waals surface area contributed by atoms with Gasteiger partial charge < -0.3 is 17.3 Å². The Bertz CT molecular complexity index is 1170. The van der Waals surface area contributed by atoms with Crippen LogP contribution in [0.1, 0.15) is 43.5 Å². The highest BCUT2D eigenvalue weighted by Gasteiger charge is 2.39. The molecule has 3 aromatic rings. The van der Waals surface area contributed by atoms with Crippen molar-refractivity contribution in [3.63, 3.8) is 0 Å². The Balaban J connectivity index is 0.00000420. The number of quaternary nitrogens is 1. The lowest BCUT2D eigenvalue weighted by molar-refractivity contribution is -0.941. The molecule has 4 rings (SSSR count). The second-order valence-electron chi connectivity index (χ2n) is 11.0. The third kappa shape index (κ3) is 9.40. The first-order chi connectivity index (χ1) is 18.1. The molecule has 0 spiro atoms. The van der Waals surface area contributed by atoms with Gasteiger partial charge >= 0.3 is 7.82 Å². The summed E-state index contributed by atoms with van der Waals surface area (Å²) in [6.45, 7) is 9.27. The quantitative estimate of drug-likeness (QED) is 0.299. The van der Waals surface area contributed by atoms with Crippen LogP contribution >= 0.6 is 7.82 Å². The van der Waals surface area contributed by atoms with Gasteiger partial charge in [0.2, 0.25) is 0 Å². The van der Waals surface area contributed by atoms with Gasteiger partial charge in [-0.2, -0.15) is 0 Å². The maximum Gasteiger partial charge on any atom is 0.477 e. The third-order valence-electron chi connectivity index (χ3n) is 6.81. The monoisotopic (exact) mass is 570 g/mol. The summed E-state index contributed by atoms with van der Waals surface area (Å²) < 4.78 is 24.3. The Kier molecular flexibility index (Phi) is 11.1. The van der Waals surface area contributed by atoms with Crippen LogP contribution in [0.4, 0.5) is 0 Å². The summed E-state index contributed by atoms with van der Waals surface area (Å²) in [5.74, 6) is 0. The second kappa shape index (κ2) is 13.9.